The van der Waals surface area contributed by atoms with Crippen LogP contribution in [-0.2, 0) is 0 Å². The molecule has 1 aromatic heterocycles. The van der Waals surface area contributed by atoms with Crippen molar-refractivity contribution < 1.29 is 27.0 Å². The molecule has 0 amide bonds. The van der Waals surface area contributed by atoms with Gasteiger partial charge >= 0.3 is 6.61 Å². The molecular weight excluding hydrogens is 388 g/mol. The Morgan fingerprint density at radius 3 is 2.15 bits per heavy atom. The zero-order valence-corrected chi connectivity index (χ0v) is 14.9. The zero-order valence-electron chi connectivity index (χ0n) is 14.1. The van der Waals surface area contributed by atoms with Crippen LogP contribution in [0, 0.1) is 18.6 Å². The van der Waals surface area contributed by atoms with Gasteiger partial charge in [-0.2, -0.15) is 8.78 Å². The summed E-state index contributed by atoms with van der Waals surface area (Å²) < 4.78 is 64.2. The maximum atomic E-state index is 14.6. The third-order valence-electron chi connectivity index (χ3n) is 3.82. The minimum absolute atomic E-state index is 0.0251. The van der Waals surface area contributed by atoms with Crippen molar-refractivity contribution in [3.63, 3.8) is 0 Å². The highest BCUT2D eigenvalue weighted by Crippen LogP contribution is 2.36. The molecule has 0 fully saturated rings. The average molecular weight is 401 g/mol. The van der Waals surface area contributed by atoms with Gasteiger partial charge in [0.15, 0.2) is 0 Å². The van der Waals surface area contributed by atoms with Gasteiger partial charge in [-0.25, -0.2) is 13.8 Å². The maximum absolute atomic E-state index is 14.6. The van der Waals surface area contributed by atoms with E-state index in [4.69, 9.17) is 16.3 Å². The van der Waals surface area contributed by atoms with E-state index in [-0.39, 0.29) is 33.7 Å². The molecular formula is C18H13ClF4N2O2. The van der Waals surface area contributed by atoms with Gasteiger partial charge in [0.05, 0.1) is 24.1 Å². The molecule has 4 nitrogen and oxygen atoms in total. The molecule has 0 radical (unpaired) electrons. The Hall–Kier alpha value is -2.74. The quantitative estimate of drug-likeness (QED) is 0.539. The van der Waals surface area contributed by atoms with Crippen molar-refractivity contribution in [2.75, 3.05) is 7.11 Å². The van der Waals surface area contributed by atoms with Crippen molar-refractivity contribution >= 4 is 11.6 Å². The summed E-state index contributed by atoms with van der Waals surface area (Å²) >= 11 is 6.15. The van der Waals surface area contributed by atoms with Crippen LogP contribution in [0.1, 0.15) is 5.69 Å². The third-order valence-corrected chi connectivity index (χ3v) is 4.07. The monoisotopic (exact) mass is 400 g/mol. The van der Waals surface area contributed by atoms with Gasteiger partial charge in [0.2, 0.25) is 5.28 Å². The lowest BCUT2D eigenvalue weighted by Gasteiger charge is -2.13. The Morgan fingerprint density at radius 1 is 1.04 bits per heavy atom. The van der Waals surface area contributed by atoms with Crippen LogP contribution in [0.2, 0.25) is 5.28 Å². The van der Waals surface area contributed by atoms with Gasteiger partial charge in [-0.15, -0.1) is 0 Å². The van der Waals surface area contributed by atoms with Crippen LogP contribution < -0.4 is 9.47 Å². The molecule has 0 spiro atoms. The molecule has 0 aliphatic heterocycles. The van der Waals surface area contributed by atoms with E-state index in [2.05, 4.69) is 9.72 Å². The first kappa shape index (κ1) is 19.0. The summed E-state index contributed by atoms with van der Waals surface area (Å²) in [6.07, 6.45) is 0. The van der Waals surface area contributed by atoms with Crippen LogP contribution >= 0.6 is 11.6 Å². The van der Waals surface area contributed by atoms with E-state index < -0.39 is 18.2 Å². The fraction of sp³-hybridized carbons (Fsp3) is 0.167. The normalized spacial score (nSPS) is 11.1. The summed E-state index contributed by atoms with van der Waals surface area (Å²) in [6.45, 7) is -1.41. The van der Waals surface area contributed by atoms with Gasteiger partial charge in [0, 0.05) is 17.8 Å². The number of ether oxygens (including phenoxy) is 2. The zero-order chi connectivity index (χ0) is 19.7. The molecule has 142 valence electrons. The highest BCUT2D eigenvalue weighted by atomic mass is 35.5. The van der Waals surface area contributed by atoms with Crippen molar-refractivity contribution in [3.8, 4) is 28.4 Å². The standard InChI is InChI=1S/C18H13ClF4N2O2/c1-9-16(15-13(20)7-12(26-2)8-14(15)21)25(17(19)24-9)10-3-5-11(6-4-10)27-18(22)23/h3-8,18H,1-2H3. The second-order valence-corrected chi connectivity index (χ2v) is 5.83. The number of imidazole rings is 1. The van der Waals surface area contributed by atoms with Crippen molar-refractivity contribution in [1.29, 1.82) is 0 Å². The maximum Gasteiger partial charge on any atom is 0.387 e. The molecule has 3 aromatic rings. The van der Waals surface area contributed by atoms with Gasteiger partial charge in [-0.05, 0) is 42.8 Å². The van der Waals surface area contributed by atoms with Crippen LogP contribution in [0.15, 0.2) is 36.4 Å². The second-order valence-electron chi connectivity index (χ2n) is 5.49. The number of hydrogen-bond acceptors (Lipinski definition) is 3. The predicted octanol–water partition coefficient (Wildman–Crippen LogP) is 5.39. The largest absolute Gasteiger partial charge is 0.497 e. The summed E-state index contributed by atoms with van der Waals surface area (Å²) in [6, 6.07) is 7.52. The molecule has 0 aliphatic carbocycles. The second kappa shape index (κ2) is 7.48. The predicted molar refractivity (Wildman–Crippen MR) is 91.8 cm³/mol. The number of hydrogen-bond donors (Lipinski definition) is 0. The Kier molecular flexibility index (Phi) is 5.27. The fourth-order valence-electron chi connectivity index (χ4n) is 2.69. The topological polar surface area (TPSA) is 36.3 Å². The number of aromatic nitrogens is 2. The van der Waals surface area contributed by atoms with Gasteiger partial charge < -0.3 is 9.47 Å². The Labute approximate surface area is 156 Å². The number of nitrogens with zero attached hydrogens (tertiary/aromatic N) is 2. The van der Waals surface area contributed by atoms with E-state index in [1.807, 2.05) is 0 Å². The molecule has 0 saturated heterocycles. The van der Waals surface area contributed by atoms with Crippen molar-refractivity contribution in [2.24, 2.45) is 0 Å². The number of rotatable bonds is 5. The molecule has 27 heavy (non-hydrogen) atoms. The summed E-state index contributed by atoms with van der Waals surface area (Å²) in [7, 11) is 1.29. The molecule has 0 N–H and O–H groups in total. The number of alkyl halides is 2. The van der Waals surface area contributed by atoms with Crippen LogP contribution in [0.4, 0.5) is 17.6 Å². The third kappa shape index (κ3) is 3.71. The summed E-state index contributed by atoms with van der Waals surface area (Å²) in [4.78, 5) is 4.07. The minimum atomic E-state index is -2.96. The minimum Gasteiger partial charge on any atom is -0.497 e. The van der Waals surface area contributed by atoms with Crippen molar-refractivity contribution in [1.82, 2.24) is 9.55 Å². The lowest BCUT2D eigenvalue weighted by Crippen LogP contribution is -2.04. The molecule has 0 aliphatic rings. The fourth-order valence-corrected chi connectivity index (χ4v) is 3.00. The first-order chi connectivity index (χ1) is 12.8. The first-order valence-electron chi connectivity index (χ1n) is 7.65. The van der Waals surface area contributed by atoms with Crippen LogP contribution in [0.3, 0.4) is 0 Å². The highest BCUT2D eigenvalue weighted by Gasteiger charge is 2.23. The molecule has 0 saturated carbocycles. The number of halogens is 5. The Bertz CT molecular complexity index is 951. The van der Waals surface area contributed by atoms with Crippen LogP contribution in [-0.4, -0.2) is 23.3 Å². The van der Waals surface area contributed by atoms with Crippen molar-refractivity contribution in [2.45, 2.75) is 13.5 Å². The Morgan fingerprint density at radius 2 is 1.63 bits per heavy atom. The molecule has 0 unspecified atom stereocenters. The Balaban J connectivity index is 2.15. The number of aryl methyl sites for hydroxylation is 1. The molecule has 1 heterocycles. The number of benzene rings is 2. The summed E-state index contributed by atoms with van der Waals surface area (Å²) in [5.41, 5.74) is 0.420. The number of methoxy groups -OCH3 is 1. The van der Waals surface area contributed by atoms with E-state index >= 15 is 0 Å². The SMILES string of the molecule is COc1cc(F)c(-c2c(C)nc(Cl)n2-c2ccc(OC(F)F)cc2)c(F)c1. The van der Waals surface area contributed by atoms with Crippen LogP contribution in [0.25, 0.3) is 16.9 Å². The smallest absolute Gasteiger partial charge is 0.387 e. The van der Waals surface area contributed by atoms with Gasteiger partial charge in [0.1, 0.15) is 23.1 Å². The lowest BCUT2D eigenvalue weighted by molar-refractivity contribution is -0.0498. The van der Waals surface area contributed by atoms with Gasteiger partial charge in [-0.3, -0.25) is 4.57 Å². The van der Waals surface area contributed by atoms with E-state index in [0.717, 1.165) is 12.1 Å². The summed E-state index contributed by atoms with van der Waals surface area (Å²) in [5.74, 6) is -1.75. The van der Waals surface area contributed by atoms with Gasteiger partial charge in [-0.1, -0.05) is 0 Å². The summed E-state index contributed by atoms with van der Waals surface area (Å²) in [5, 5.41) is -0.0420. The van der Waals surface area contributed by atoms with E-state index in [0.29, 0.717) is 5.69 Å². The molecule has 2 aromatic carbocycles. The first-order valence-corrected chi connectivity index (χ1v) is 8.03. The molecule has 9 heteroatoms. The molecule has 0 bridgehead atoms. The van der Waals surface area contributed by atoms with Crippen LogP contribution in [0.5, 0.6) is 11.5 Å². The highest BCUT2D eigenvalue weighted by molar-refractivity contribution is 6.29. The molecule has 3 rings (SSSR count). The van der Waals surface area contributed by atoms with Gasteiger partial charge in [0.25, 0.3) is 0 Å². The lowest BCUT2D eigenvalue weighted by atomic mass is 10.1. The van der Waals surface area contributed by atoms with E-state index in [1.54, 1.807) is 6.92 Å². The van der Waals surface area contributed by atoms with E-state index in [1.165, 1.54) is 35.9 Å². The molecule has 0 atom stereocenters. The average Bonchev–Trinajstić information content (AvgIpc) is 2.88. The van der Waals surface area contributed by atoms with Crippen molar-refractivity contribution in [3.05, 3.63) is 59.0 Å². The van der Waals surface area contributed by atoms with E-state index in [9.17, 15) is 17.6 Å².